The van der Waals surface area contributed by atoms with Crippen molar-refractivity contribution in [1.82, 2.24) is 24.7 Å². The van der Waals surface area contributed by atoms with Crippen LogP contribution in [0, 0.1) is 13.8 Å². The van der Waals surface area contributed by atoms with Crippen molar-refractivity contribution >= 4 is 6.21 Å². The Labute approximate surface area is 122 Å². The molecule has 0 aliphatic carbocycles. The van der Waals surface area contributed by atoms with Crippen LogP contribution in [0.3, 0.4) is 0 Å². The summed E-state index contributed by atoms with van der Waals surface area (Å²) in [6, 6.07) is 10.3. The lowest BCUT2D eigenvalue weighted by Gasteiger charge is -2.04. The summed E-state index contributed by atoms with van der Waals surface area (Å²) in [7, 11) is 0. The van der Waals surface area contributed by atoms with Crippen LogP contribution in [0.1, 0.15) is 22.5 Å². The van der Waals surface area contributed by atoms with Crippen LogP contribution in [-0.4, -0.2) is 30.9 Å². The molecular formula is C15H16N6. The molecule has 2 aromatic heterocycles. The lowest BCUT2D eigenvalue weighted by molar-refractivity contribution is 0.659. The Morgan fingerprint density at radius 3 is 2.52 bits per heavy atom. The second-order valence-electron chi connectivity index (χ2n) is 4.81. The van der Waals surface area contributed by atoms with Crippen LogP contribution in [0.25, 0.3) is 0 Å². The van der Waals surface area contributed by atoms with Crippen molar-refractivity contribution in [3.8, 4) is 0 Å². The molecule has 1 aromatic carbocycles. The van der Waals surface area contributed by atoms with E-state index in [0.717, 1.165) is 23.5 Å². The third-order valence-electron chi connectivity index (χ3n) is 3.34. The van der Waals surface area contributed by atoms with Crippen LogP contribution in [0.2, 0.25) is 0 Å². The van der Waals surface area contributed by atoms with Gasteiger partial charge in [-0.25, -0.2) is 4.68 Å². The van der Waals surface area contributed by atoms with E-state index in [1.165, 1.54) is 5.56 Å². The first kappa shape index (κ1) is 13.2. The van der Waals surface area contributed by atoms with Crippen LogP contribution in [-0.2, 0) is 6.54 Å². The smallest absolute Gasteiger partial charge is 0.141 e. The summed E-state index contributed by atoms with van der Waals surface area (Å²) in [5, 5.41) is 16.3. The Balaban J connectivity index is 1.86. The molecule has 3 aromatic rings. The van der Waals surface area contributed by atoms with Crippen molar-refractivity contribution in [1.29, 1.82) is 0 Å². The van der Waals surface area contributed by atoms with E-state index in [-0.39, 0.29) is 0 Å². The summed E-state index contributed by atoms with van der Waals surface area (Å²) >= 11 is 0. The number of benzene rings is 1. The van der Waals surface area contributed by atoms with E-state index in [2.05, 4.69) is 39.5 Å². The molecular weight excluding hydrogens is 264 g/mol. The fourth-order valence-electron chi connectivity index (χ4n) is 2.19. The molecule has 106 valence electrons. The van der Waals surface area contributed by atoms with Gasteiger partial charge < -0.3 is 0 Å². The van der Waals surface area contributed by atoms with Crippen LogP contribution in [0.5, 0.6) is 0 Å². The minimum Gasteiger partial charge on any atom is -0.265 e. The molecule has 0 saturated heterocycles. The maximum Gasteiger partial charge on any atom is 0.141 e. The van der Waals surface area contributed by atoms with E-state index in [9.17, 15) is 0 Å². The highest BCUT2D eigenvalue weighted by molar-refractivity contribution is 5.82. The van der Waals surface area contributed by atoms with Gasteiger partial charge in [0, 0.05) is 11.3 Å². The molecule has 0 saturated carbocycles. The van der Waals surface area contributed by atoms with Gasteiger partial charge in [-0.1, -0.05) is 30.3 Å². The lowest BCUT2D eigenvalue weighted by atomic mass is 10.2. The number of nitrogens with zero attached hydrogens (tertiary/aromatic N) is 6. The van der Waals surface area contributed by atoms with E-state index in [4.69, 9.17) is 0 Å². The predicted molar refractivity (Wildman–Crippen MR) is 80.3 cm³/mol. The topological polar surface area (TPSA) is 60.9 Å². The highest BCUT2D eigenvalue weighted by Gasteiger charge is 2.10. The quantitative estimate of drug-likeness (QED) is 0.687. The van der Waals surface area contributed by atoms with Gasteiger partial charge in [0.05, 0.1) is 18.5 Å². The second kappa shape index (κ2) is 5.70. The molecule has 2 heterocycles. The zero-order chi connectivity index (χ0) is 14.7. The van der Waals surface area contributed by atoms with Crippen LogP contribution in [0.15, 0.2) is 48.1 Å². The first-order valence-corrected chi connectivity index (χ1v) is 6.71. The van der Waals surface area contributed by atoms with Gasteiger partial charge in [-0.2, -0.15) is 10.2 Å². The van der Waals surface area contributed by atoms with Gasteiger partial charge in [-0.3, -0.25) is 4.68 Å². The first-order chi connectivity index (χ1) is 10.2. The zero-order valence-corrected chi connectivity index (χ0v) is 12.0. The molecule has 3 rings (SSSR count). The zero-order valence-electron chi connectivity index (χ0n) is 12.0. The third-order valence-corrected chi connectivity index (χ3v) is 3.34. The van der Waals surface area contributed by atoms with Crippen molar-refractivity contribution in [2.45, 2.75) is 20.4 Å². The Hall–Kier alpha value is -2.76. The minimum atomic E-state index is 0.758. The normalized spacial score (nSPS) is 11.3. The molecule has 0 bridgehead atoms. The summed E-state index contributed by atoms with van der Waals surface area (Å²) in [4.78, 5) is 0. The molecule has 0 aliphatic heterocycles. The van der Waals surface area contributed by atoms with Gasteiger partial charge in [0.25, 0.3) is 0 Å². The van der Waals surface area contributed by atoms with Gasteiger partial charge >= 0.3 is 0 Å². The summed E-state index contributed by atoms with van der Waals surface area (Å²) < 4.78 is 3.56. The fraction of sp³-hybridized carbons (Fsp3) is 0.200. The molecule has 0 radical (unpaired) electrons. The number of aromatic nitrogens is 5. The predicted octanol–water partition coefficient (Wildman–Crippen LogP) is 2.02. The number of hydrogen-bond donors (Lipinski definition) is 0. The van der Waals surface area contributed by atoms with Gasteiger partial charge in [0.15, 0.2) is 0 Å². The largest absolute Gasteiger partial charge is 0.265 e. The standard InChI is InChI=1S/C15H16N6/c1-12-15(8-18-20-10-16-17-11-20)13(2)21(19-12)9-14-6-4-3-5-7-14/h3-8,10-11H,9H2,1-2H3. The average molecular weight is 280 g/mol. The van der Waals surface area contributed by atoms with E-state index in [0.29, 0.717) is 0 Å². The summed E-state index contributed by atoms with van der Waals surface area (Å²) in [6.45, 7) is 4.80. The van der Waals surface area contributed by atoms with Crippen molar-refractivity contribution in [2.75, 3.05) is 0 Å². The van der Waals surface area contributed by atoms with E-state index < -0.39 is 0 Å². The van der Waals surface area contributed by atoms with E-state index in [1.807, 2.05) is 29.8 Å². The van der Waals surface area contributed by atoms with Crippen molar-refractivity contribution in [3.05, 3.63) is 65.5 Å². The maximum absolute atomic E-state index is 4.59. The second-order valence-corrected chi connectivity index (χ2v) is 4.81. The summed E-state index contributed by atoms with van der Waals surface area (Å²) in [6.07, 6.45) is 4.90. The van der Waals surface area contributed by atoms with Crippen molar-refractivity contribution < 1.29 is 0 Å². The molecule has 0 N–H and O–H groups in total. The Morgan fingerprint density at radius 2 is 1.81 bits per heavy atom. The molecule has 0 atom stereocenters. The molecule has 0 amide bonds. The van der Waals surface area contributed by atoms with Crippen molar-refractivity contribution in [2.24, 2.45) is 5.10 Å². The fourth-order valence-corrected chi connectivity index (χ4v) is 2.19. The SMILES string of the molecule is Cc1nn(Cc2ccccc2)c(C)c1C=Nn1cnnc1. The van der Waals surface area contributed by atoms with Gasteiger partial charge in [-0.05, 0) is 19.4 Å². The Kier molecular flexibility index (Phi) is 3.59. The molecule has 0 unspecified atom stereocenters. The Bertz CT molecular complexity index is 740. The van der Waals surface area contributed by atoms with E-state index >= 15 is 0 Å². The van der Waals surface area contributed by atoms with Gasteiger partial charge in [0.2, 0.25) is 0 Å². The summed E-state index contributed by atoms with van der Waals surface area (Å²) in [5.74, 6) is 0. The van der Waals surface area contributed by atoms with Crippen LogP contribution in [0.4, 0.5) is 0 Å². The number of hydrogen-bond acceptors (Lipinski definition) is 4. The van der Waals surface area contributed by atoms with Crippen molar-refractivity contribution in [3.63, 3.8) is 0 Å². The third kappa shape index (κ3) is 2.89. The first-order valence-electron chi connectivity index (χ1n) is 6.71. The highest BCUT2D eigenvalue weighted by Crippen LogP contribution is 2.13. The molecule has 0 fully saturated rings. The monoisotopic (exact) mass is 280 g/mol. The molecule has 21 heavy (non-hydrogen) atoms. The van der Waals surface area contributed by atoms with Crippen LogP contribution < -0.4 is 0 Å². The molecule has 6 nitrogen and oxygen atoms in total. The number of aryl methyl sites for hydroxylation is 1. The van der Waals surface area contributed by atoms with Crippen LogP contribution >= 0.6 is 0 Å². The maximum atomic E-state index is 4.59. The molecule has 0 aliphatic rings. The Morgan fingerprint density at radius 1 is 1.10 bits per heavy atom. The molecule has 6 heteroatoms. The number of rotatable bonds is 4. The van der Waals surface area contributed by atoms with E-state index in [1.54, 1.807) is 23.5 Å². The lowest BCUT2D eigenvalue weighted by Crippen LogP contribution is -2.04. The average Bonchev–Trinajstić information content (AvgIpc) is 3.08. The van der Waals surface area contributed by atoms with Gasteiger partial charge in [-0.15, -0.1) is 10.2 Å². The summed E-state index contributed by atoms with van der Waals surface area (Å²) in [5.41, 5.74) is 4.30. The minimum absolute atomic E-state index is 0.758. The van der Waals surface area contributed by atoms with Gasteiger partial charge in [0.1, 0.15) is 12.7 Å². The highest BCUT2D eigenvalue weighted by atomic mass is 15.4. The molecule has 0 spiro atoms.